The number of thioether (sulfide) groups is 1. The van der Waals surface area contributed by atoms with Crippen LogP contribution in [0.15, 0.2) is 0 Å². The van der Waals surface area contributed by atoms with Crippen LogP contribution in [-0.2, 0) is 14.3 Å². The normalized spacial score (nSPS) is 31.9. The summed E-state index contributed by atoms with van der Waals surface area (Å²) in [6.45, 7) is 0. The third kappa shape index (κ3) is 3.40. The fourth-order valence-corrected chi connectivity index (χ4v) is 3.89. The Labute approximate surface area is 112 Å². The first-order valence-electron chi connectivity index (χ1n) is 6.70. The number of carbonyl (C=O) groups is 2. The lowest BCUT2D eigenvalue weighted by Crippen LogP contribution is -2.42. The van der Waals surface area contributed by atoms with Gasteiger partial charge in [0.1, 0.15) is 0 Å². The van der Waals surface area contributed by atoms with Crippen molar-refractivity contribution in [3.8, 4) is 0 Å². The van der Waals surface area contributed by atoms with Crippen molar-refractivity contribution in [3.05, 3.63) is 0 Å². The highest BCUT2D eigenvalue weighted by molar-refractivity contribution is 8.00. The fourth-order valence-electron chi connectivity index (χ4n) is 2.72. The maximum atomic E-state index is 12.0. The summed E-state index contributed by atoms with van der Waals surface area (Å²) in [6, 6.07) is 0.250. The van der Waals surface area contributed by atoms with Crippen molar-refractivity contribution in [1.82, 2.24) is 5.32 Å². The molecular formula is C13H21NO3S. The highest BCUT2D eigenvalue weighted by atomic mass is 32.2. The lowest BCUT2D eigenvalue weighted by atomic mass is 9.86. The predicted octanol–water partition coefficient (Wildman–Crippen LogP) is 1.73. The van der Waals surface area contributed by atoms with Gasteiger partial charge in [-0.15, -0.1) is 11.8 Å². The average molecular weight is 271 g/mol. The molecule has 0 radical (unpaired) electrons. The Balaban J connectivity index is 1.73. The summed E-state index contributed by atoms with van der Waals surface area (Å²) in [7, 11) is 1.44. The van der Waals surface area contributed by atoms with Crippen LogP contribution in [0.1, 0.15) is 38.5 Å². The average Bonchev–Trinajstić information content (AvgIpc) is 2.92. The van der Waals surface area contributed by atoms with E-state index in [0.717, 1.165) is 44.3 Å². The molecule has 4 nitrogen and oxygen atoms in total. The topological polar surface area (TPSA) is 55.4 Å². The first kappa shape index (κ1) is 13.7. The minimum absolute atomic E-state index is 0.0315. The molecule has 5 heteroatoms. The minimum Gasteiger partial charge on any atom is -0.469 e. The molecule has 1 saturated heterocycles. The Morgan fingerprint density at radius 3 is 2.44 bits per heavy atom. The van der Waals surface area contributed by atoms with Crippen LogP contribution in [0.3, 0.4) is 0 Å². The molecular weight excluding hydrogens is 250 g/mol. The van der Waals surface area contributed by atoms with Gasteiger partial charge in [0.15, 0.2) is 0 Å². The molecule has 1 saturated carbocycles. The van der Waals surface area contributed by atoms with Crippen LogP contribution < -0.4 is 5.32 Å². The van der Waals surface area contributed by atoms with Gasteiger partial charge in [-0.1, -0.05) is 0 Å². The third-order valence-corrected chi connectivity index (χ3v) is 5.21. The van der Waals surface area contributed by atoms with E-state index < -0.39 is 0 Å². The van der Waals surface area contributed by atoms with Gasteiger partial charge in [-0.2, -0.15) is 0 Å². The number of nitrogens with one attached hydrogen (secondary N) is 1. The zero-order valence-electron chi connectivity index (χ0n) is 10.8. The Hall–Kier alpha value is -0.710. The quantitative estimate of drug-likeness (QED) is 0.794. The molecule has 0 aromatic heterocycles. The van der Waals surface area contributed by atoms with Gasteiger partial charge in [-0.3, -0.25) is 9.59 Å². The summed E-state index contributed by atoms with van der Waals surface area (Å²) in [5, 5.41) is 3.28. The van der Waals surface area contributed by atoms with E-state index in [1.807, 2.05) is 0 Å². The Morgan fingerprint density at radius 2 is 1.89 bits per heavy atom. The highest BCUT2D eigenvalue weighted by Crippen LogP contribution is 2.28. The van der Waals surface area contributed by atoms with E-state index in [1.54, 1.807) is 11.8 Å². The number of rotatable bonds is 3. The summed E-state index contributed by atoms with van der Waals surface area (Å²) >= 11 is 1.76. The van der Waals surface area contributed by atoms with Gasteiger partial charge in [-0.05, 0) is 44.3 Å². The number of methoxy groups -OCH3 is 1. The second-order valence-corrected chi connectivity index (χ2v) is 6.39. The molecule has 0 aromatic carbocycles. The molecule has 1 atom stereocenters. The third-order valence-electron chi connectivity index (χ3n) is 3.83. The van der Waals surface area contributed by atoms with Gasteiger partial charge in [0.05, 0.1) is 18.3 Å². The van der Waals surface area contributed by atoms with E-state index in [4.69, 9.17) is 4.74 Å². The fraction of sp³-hybridized carbons (Fsp3) is 0.846. The van der Waals surface area contributed by atoms with Crippen molar-refractivity contribution in [1.29, 1.82) is 0 Å². The molecule has 2 rings (SSSR count). The summed E-state index contributed by atoms with van der Waals surface area (Å²) in [6.07, 6.45) is 5.60. The van der Waals surface area contributed by atoms with Crippen LogP contribution >= 0.6 is 11.8 Å². The van der Waals surface area contributed by atoms with Crippen molar-refractivity contribution in [2.45, 2.75) is 49.8 Å². The highest BCUT2D eigenvalue weighted by Gasteiger charge is 2.30. The summed E-state index contributed by atoms with van der Waals surface area (Å²) < 4.78 is 4.76. The second kappa shape index (κ2) is 6.45. The summed E-state index contributed by atoms with van der Waals surface area (Å²) in [5.74, 6) is 1.22. The van der Waals surface area contributed by atoms with Crippen molar-refractivity contribution in [2.75, 3.05) is 12.9 Å². The standard InChI is InChI=1S/C13H21NO3S/c1-17-13(16)9-4-6-10(7-5-9)14-12(15)11-3-2-8-18-11/h9-11H,2-8H2,1H3,(H,14,15). The molecule has 1 aliphatic carbocycles. The zero-order valence-corrected chi connectivity index (χ0v) is 11.6. The maximum Gasteiger partial charge on any atom is 0.308 e. The number of amides is 1. The zero-order chi connectivity index (χ0) is 13.0. The lowest BCUT2D eigenvalue weighted by Gasteiger charge is -2.28. The lowest BCUT2D eigenvalue weighted by molar-refractivity contribution is -0.146. The van der Waals surface area contributed by atoms with E-state index in [0.29, 0.717) is 0 Å². The van der Waals surface area contributed by atoms with Crippen molar-refractivity contribution >= 4 is 23.6 Å². The van der Waals surface area contributed by atoms with Gasteiger partial charge in [0.2, 0.25) is 5.91 Å². The van der Waals surface area contributed by atoms with Gasteiger partial charge in [0.25, 0.3) is 0 Å². The minimum atomic E-state index is -0.105. The number of hydrogen-bond acceptors (Lipinski definition) is 4. The van der Waals surface area contributed by atoms with E-state index in [-0.39, 0.29) is 29.1 Å². The molecule has 0 aromatic rings. The van der Waals surface area contributed by atoms with Crippen LogP contribution in [0, 0.1) is 5.92 Å². The molecule has 2 aliphatic rings. The summed E-state index contributed by atoms with van der Waals surface area (Å²) in [4.78, 5) is 23.4. The van der Waals surface area contributed by atoms with Crippen LogP contribution in [-0.4, -0.2) is 36.0 Å². The van der Waals surface area contributed by atoms with E-state index in [9.17, 15) is 9.59 Å². The van der Waals surface area contributed by atoms with Gasteiger partial charge < -0.3 is 10.1 Å². The van der Waals surface area contributed by atoms with E-state index in [1.165, 1.54) is 7.11 Å². The van der Waals surface area contributed by atoms with Crippen molar-refractivity contribution < 1.29 is 14.3 Å². The first-order chi connectivity index (χ1) is 8.70. The Morgan fingerprint density at radius 1 is 1.17 bits per heavy atom. The monoisotopic (exact) mass is 271 g/mol. The van der Waals surface area contributed by atoms with Gasteiger partial charge >= 0.3 is 5.97 Å². The molecule has 18 heavy (non-hydrogen) atoms. The SMILES string of the molecule is COC(=O)C1CCC(NC(=O)C2CCCS2)CC1. The smallest absolute Gasteiger partial charge is 0.308 e. The van der Waals surface area contributed by atoms with E-state index in [2.05, 4.69) is 5.32 Å². The van der Waals surface area contributed by atoms with Crippen LogP contribution in [0.5, 0.6) is 0 Å². The molecule has 1 N–H and O–H groups in total. The van der Waals surface area contributed by atoms with Gasteiger partial charge in [0, 0.05) is 6.04 Å². The molecule has 1 amide bonds. The Bertz CT molecular complexity index is 307. The molecule has 102 valence electrons. The number of esters is 1. The molecule has 1 aliphatic heterocycles. The molecule has 2 fully saturated rings. The molecule has 0 bridgehead atoms. The first-order valence-corrected chi connectivity index (χ1v) is 7.75. The van der Waals surface area contributed by atoms with Crippen LogP contribution in [0.2, 0.25) is 0 Å². The van der Waals surface area contributed by atoms with Crippen LogP contribution in [0.4, 0.5) is 0 Å². The predicted molar refractivity (Wildman–Crippen MR) is 71.4 cm³/mol. The maximum absolute atomic E-state index is 12.0. The van der Waals surface area contributed by atoms with Crippen molar-refractivity contribution in [3.63, 3.8) is 0 Å². The number of carbonyl (C=O) groups excluding carboxylic acids is 2. The number of ether oxygens (including phenoxy) is 1. The Kier molecular flexibility index (Phi) is 4.92. The second-order valence-electron chi connectivity index (χ2n) is 5.08. The van der Waals surface area contributed by atoms with E-state index >= 15 is 0 Å². The van der Waals surface area contributed by atoms with Crippen LogP contribution in [0.25, 0.3) is 0 Å². The largest absolute Gasteiger partial charge is 0.469 e. The molecule has 1 unspecified atom stereocenters. The molecule has 0 spiro atoms. The summed E-state index contributed by atoms with van der Waals surface area (Å²) in [5.41, 5.74) is 0. The molecule has 1 heterocycles. The van der Waals surface area contributed by atoms with Gasteiger partial charge in [-0.25, -0.2) is 0 Å². The number of hydrogen-bond donors (Lipinski definition) is 1. The van der Waals surface area contributed by atoms with Crippen molar-refractivity contribution in [2.24, 2.45) is 5.92 Å².